The van der Waals surface area contributed by atoms with Crippen LogP contribution in [0.4, 0.5) is 0 Å². The third-order valence-corrected chi connectivity index (χ3v) is 10.3. The lowest BCUT2D eigenvalue weighted by molar-refractivity contribution is -0.305. The maximum Gasteiger partial charge on any atom is 0.303 e. The van der Waals surface area contributed by atoms with E-state index in [2.05, 4.69) is 20.8 Å². The second-order valence-corrected chi connectivity index (χ2v) is 11.6. The number of carbonyl (C=O) groups is 1. The second-order valence-electron chi connectivity index (χ2n) is 11.6. The minimum absolute atomic E-state index is 0.0627. The van der Waals surface area contributed by atoms with Crippen molar-refractivity contribution in [3.8, 4) is 0 Å². The fourth-order valence-corrected chi connectivity index (χ4v) is 8.75. The van der Waals surface area contributed by atoms with Gasteiger partial charge in [0.15, 0.2) is 5.79 Å². The fourth-order valence-electron chi connectivity index (χ4n) is 8.75. The summed E-state index contributed by atoms with van der Waals surface area (Å²) in [5.74, 6) is -0.905. The topological polar surface area (TPSA) is 98.0 Å². The molecule has 5 unspecified atom stereocenters. The van der Waals surface area contributed by atoms with E-state index < -0.39 is 11.8 Å². The van der Waals surface area contributed by atoms with Crippen molar-refractivity contribution in [3.05, 3.63) is 0 Å². The van der Waals surface area contributed by atoms with Gasteiger partial charge in [-0.3, -0.25) is 4.79 Å². The first-order valence-electron chi connectivity index (χ1n) is 11.8. The molecule has 0 heterocycles. The van der Waals surface area contributed by atoms with Crippen LogP contribution in [-0.4, -0.2) is 38.3 Å². The number of rotatable bonds is 4. The molecule has 0 aliphatic heterocycles. The zero-order chi connectivity index (χ0) is 21.2. The van der Waals surface area contributed by atoms with Crippen LogP contribution in [0.15, 0.2) is 0 Å². The van der Waals surface area contributed by atoms with Gasteiger partial charge in [0.05, 0.1) is 6.10 Å². The Morgan fingerprint density at radius 3 is 2.38 bits per heavy atom. The van der Waals surface area contributed by atoms with E-state index in [1.54, 1.807) is 0 Å². The van der Waals surface area contributed by atoms with E-state index in [0.29, 0.717) is 37.0 Å². The first-order valence-corrected chi connectivity index (χ1v) is 11.8. The van der Waals surface area contributed by atoms with Gasteiger partial charge in [0.1, 0.15) is 0 Å². The molecular weight excluding hydrogens is 368 g/mol. The van der Waals surface area contributed by atoms with Crippen molar-refractivity contribution in [1.82, 2.24) is 0 Å². The SMILES string of the molecule is CC(CCC(=O)O)[C@H]1CC[C@H]2[C@@H]3C(CCC12C)C1(C)CCC(O)C[C@H]1CC3(O)O. The number of carboxylic acids is 1. The van der Waals surface area contributed by atoms with Crippen molar-refractivity contribution in [2.75, 3.05) is 0 Å². The summed E-state index contributed by atoms with van der Waals surface area (Å²) < 4.78 is 0. The Morgan fingerprint density at radius 2 is 1.69 bits per heavy atom. The van der Waals surface area contributed by atoms with Gasteiger partial charge in [-0.1, -0.05) is 20.8 Å². The lowest BCUT2D eigenvalue weighted by Crippen LogP contribution is -2.63. The zero-order valence-electron chi connectivity index (χ0n) is 18.3. The molecule has 0 aromatic rings. The highest BCUT2D eigenvalue weighted by atomic mass is 16.5. The van der Waals surface area contributed by atoms with Crippen LogP contribution in [0.2, 0.25) is 0 Å². The molecular formula is C24H40O5. The van der Waals surface area contributed by atoms with E-state index in [0.717, 1.165) is 38.5 Å². The Kier molecular flexibility index (Phi) is 5.36. The second kappa shape index (κ2) is 7.20. The summed E-state index contributed by atoms with van der Waals surface area (Å²) in [7, 11) is 0. The molecule has 4 aliphatic carbocycles. The molecule has 9 atom stereocenters. The fraction of sp³-hybridized carbons (Fsp3) is 0.958. The van der Waals surface area contributed by atoms with Gasteiger partial charge in [0.25, 0.3) is 0 Å². The van der Waals surface area contributed by atoms with Gasteiger partial charge in [-0.25, -0.2) is 0 Å². The molecule has 0 radical (unpaired) electrons. The van der Waals surface area contributed by atoms with Crippen LogP contribution in [0.5, 0.6) is 0 Å². The van der Waals surface area contributed by atoms with Gasteiger partial charge < -0.3 is 20.4 Å². The van der Waals surface area contributed by atoms with Crippen LogP contribution in [0.3, 0.4) is 0 Å². The molecule has 0 bridgehead atoms. The average molecular weight is 409 g/mol. The lowest BCUT2D eigenvalue weighted by atomic mass is 9.43. The van der Waals surface area contributed by atoms with Gasteiger partial charge in [-0.2, -0.15) is 0 Å². The molecule has 5 nitrogen and oxygen atoms in total. The standard InChI is InChI=1S/C24H40O5/c1-14(4-7-20(26)27)17-5-6-18-21-19(9-11-23(17,18)3)22(2)10-8-16(25)12-15(22)13-24(21,28)29/h14-19,21,25,28-29H,4-13H2,1-3H3,(H,26,27)/t14?,15-,16?,17+,18-,19?,21+,22?,23?/m0/s1. The highest BCUT2D eigenvalue weighted by Crippen LogP contribution is 2.69. The van der Waals surface area contributed by atoms with Crippen LogP contribution in [0.25, 0.3) is 0 Å². The summed E-state index contributed by atoms with van der Waals surface area (Å²) in [6, 6.07) is 0. The first-order chi connectivity index (χ1) is 13.5. The smallest absolute Gasteiger partial charge is 0.303 e. The average Bonchev–Trinajstić information content (AvgIpc) is 2.98. The molecule has 4 fully saturated rings. The number of carboxylic acid groups (broad SMARTS) is 1. The van der Waals surface area contributed by atoms with Crippen molar-refractivity contribution in [2.24, 2.45) is 46.3 Å². The van der Waals surface area contributed by atoms with Gasteiger partial charge >= 0.3 is 5.97 Å². The molecule has 0 aromatic carbocycles. The Bertz CT molecular complexity index is 647. The van der Waals surface area contributed by atoms with E-state index in [4.69, 9.17) is 5.11 Å². The van der Waals surface area contributed by atoms with Crippen molar-refractivity contribution in [1.29, 1.82) is 0 Å². The molecule has 5 heteroatoms. The Labute approximate surface area is 174 Å². The molecule has 29 heavy (non-hydrogen) atoms. The van der Waals surface area contributed by atoms with E-state index >= 15 is 0 Å². The van der Waals surface area contributed by atoms with Crippen molar-refractivity contribution in [2.45, 2.75) is 96.9 Å². The van der Waals surface area contributed by atoms with Crippen LogP contribution in [0.1, 0.15) is 85.0 Å². The molecule has 4 N–H and O–H groups in total. The predicted molar refractivity (Wildman–Crippen MR) is 110 cm³/mol. The molecule has 0 aromatic heterocycles. The van der Waals surface area contributed by atoms with Crippen LogP contribution >= 0.6 is 0 Å². The molecule has 4 aliphatic rings. The monoisotopic (exact) mass is 408 g/mol. The highest BCUT2D eigenvalue weighted by Gasteiger charge is 2.66. The normalized spacial score (nSPS) is 49.6. The van der Waals surface area contributed by atoms with Crippen LogP contribution in [0, 0.1) is 46.3 Å². The Hall–Kier alpha value is -0.650. The molecule has 166 valence electrons. The maximum atomic E-state index is 11.3. The number of aliphatic hydroxyl groups excluding tert-OH is 1. The van der Waals surface area contributed by atoms with Gasteiger partial charge in [0.2, 0.25) is 0 Å². The number of hydrogen-bond acceptors (Lipinski definition) is 4. The van der Waals surface area contributed by atoms with E-state index in [1.807, 2.05) is 0 Å². The van der Waals surface area contributed by atoms with Crippen LogP contribution < -0.4 is 0 Å². The number of aliphatic carboxylic acids is 1. The molecule has 4 saturated carbocycles. The van der Waals surface area contributed by atoms with Crippen molar-refractivity contribution < 1.29 is 25.2 Å². The largest absolute Gasteiger partial charge is 0.481 e. The Balaban J connectivity index is 1.60. The zero-order valence-corrected chi connectivity index (χ0v) is 18.3. The summed E-state index contributed by atoms with van der Waals surface area (Å²) >= 11 is 0. The highest BCUT2D eigenvalue weighted by molar-refractivity contribution is 5.66. The molecule has 4 rings (SSSR count). The van der Waals surface area contributed by atoms with Crippen molar-refractivity contribution in [3.63, 3.8) is 0 Å². The molecule has 0 saturated heterocycles. The van der Waals surface area contributed by atoms with Gasteiger partial charge in [-0.15, -0.1) is 0 Å². The summed E-state index contributed by atoms with van der Waals surface area (Å²) in [5.41, 5.74) is 0.153. The Morgan fingerprint density at radius 1 is 1.03 bits per heavy atom. The lowest BCUT2D eigenvalue weighted by Gasteiger charge is -2.64. The number of hydrogen-bond donors (Lipinski definition) is 4. The summed E-state index contributed by atoms with van der Waals surface area (Å²) in [6.45, 7) is 6.89. The minimum atomic E-state index is -1.66. The van der Waals surface area contributed by atoms with Crippen molar-refractivity contribution >= 4 is 5.97 Å². The molecule has 0 amide bonds. The quantitative estimate of drug-likeness (QED) is 0.531. The van der Waals surface area contributed by atoms with Gasteiger partial charge in [-0.05, 0) is 91.8 Å². The number of fused-ring (bicyclic) bond motifs is 5. The third kappa shape index (κ3) is 3.36. The number of aliphatic hydroxyl groups is 3. The first kappa shape index (κ1) is 21.6. The van der Waals surface area contributed by atoms with Gasteiger partial charge in [0, 0.05) is 18.8 Å². The minimum Gasteiger partial charge on any atom is -0.481 e. The summed E-state index contributed by atoms with van der Waals surface area (Å²) in [6.07, 6.45) is 7.72. The van der Waals surface area contributed by atoms with E-state index in [1.165, 1.54) is 0 Å². The summed E-state index contributed by atoms with van der Waals surface area (Å²) in [4.78, 5) is 11.1. The third-order valence-electron chi connectivity index (χ3n) is 10.3. The van der Waals surface area contributed by atoms with Crippen LogP contribution in [-0.2, 0) is 4.79 Å². The molecule has 0 spiro atoms. The van der Waals surface area contributed by atoms with E-state index in [-0.39, 0.29) is 41.1 Å². The summed E-state index contributed by atoms with van der Waals surface area (Å²) in [5, 5.41) is 41.8. The van der Waals surface area contributed by atoms with E-state index in [9.17, 15) is 20.1 Å². The predicted octanol–water partition coefficient (Wildman–Crippen LogP) is 3.80. The maximum absolute atomic E-state index is 11.3.